The van der Waals surface area contributed by atoms with Gasteiger partial charge in [-0.2, -0.15) is 0 Å². The van der Waals surface area contributed by atoms with Gasteiger partial charge >= 0.3 is 0 Å². The van der Waals surface area contributed by atoms with Gasteiger partial charge in [0, 0.05) is 11.6 Å². The van der Waals surface area contributed by atoms with E-state index < -0.39 is 0 Å². The highest BCUT2D eigenvalue weighted by Crippen LogP contribution is 2.23. The van der Waals surface area contributed by atoms with Crippen LogP contribution in [-0.2, 0) is 6.54 Å². The maximum Gasteiger partial charge on any atom is 0.140 e. The van der Waals surface area contributed by atoms with Crippen molar-refractivity contribution in [2.45, 2.75) is 6.54 Å². The Morgan fingerprint density at radius 3 is 2.75 bits per heavy atom. The smallest absolute Gasteiger partial charge is 0.140 e. The molecule has 0 bridgehead atoms. The van der Waals surface area contributed by atoms with Gasteiger partial charge in [0.2, 0.25) is 0 Å². The molecule has 0 atom stereocenters. The molecule has 0 unspecified atom stereocenters. The van der Waals surface area contributed by atoms with Crippen molar-refractivity contribution in [1.29, 1.82) is 0 Å². The molecule has 0 aliphatic heterocycles. The lowest BCUT2D eigenvalue weighted by Crippen LogP contribution is -2.03. The second-order valence-corrected chi connectivity index (χ2v) is 4.71. The summed E-state index contributed by atoms with van der Waals surface area (Å²) in [5.74, 6) is 0.123. The summed E-state index contributed by atoms with van der Waals surface area (Å²) in [4.78, 5) is 8.17. The van der Waals surface area contributed by atoms with Gasteiger partial charge in [-0.1, -0.05) is 35.9 Å². The third kappa shape index (κ3) is 2.42. The first-order valence-electron chi connectivity index (χ1n) is 6.12. The SMILES string of the molecule is Fc1cccc2ncnc(NCc3ccccc3Cl)c12. The molecule has 0 radical (unpaired) electrons. The predicted octanol–water partition coefficient (Wildman–Crippen LogP) is 4.03. The Kier molecular flexibility index (Phi) is 3.48. The van der Waals surface area contributed by atoms with E-state index in [9.17, 15) is 4.39 Å². The fraction of sp³-hybridized carbons (Fsp3) is 0.0667. The predicted molar refractivity (Wildman–Crippen MR) is 78.3 cm³/mol. The number of anilines is 1. The Hall–Kier alpha value is -2.20. The molecule has 3 aromatic rings. The van der Waals surface area contributed by atoms with Crippen LogP contribution in [-0.4, -0.2) is 9.97 Å². The summed E-state index contributed by atoms with van der Waals surface area (Å²) in [5, 5.41) is 4.17. The van der Waals surface area contributed by atoms with Gasteiger partial charge in [-0.3, -0.25) is 0 Å². The molecule has 1 heterocycles. The van der Waals surface area contributed by atoms with Gasteiger partial charge in [-0.25, -0.2) is 14.4 Å². The summed E-state index contributed by atoms with van der Waals surface area (Å²) < 4.78 is 13.9. The number of rotatable bonds is 3. The summed E-state index contributed by atoms with van der Waals surface area (Å²) >= 11 is 6.09. The van der Waals surface area contributed by atoms with Gasteiger partial charge in [-0.05, 0) is 23.8 Å². The molecule has 0 saturated heterocycles. The zero-order valence-corrected chi connectivity index (χ0v) is 11.2. The van der Waals surface area contributed by atoms with Gasteiger partial charge in [0.05, 0.1) is 10.9 Å². The molecule has 3 nitrogen and oxygen atoms in total. The summed E-state index contributed by atoms with van der Waals surface area (Å²) in [7, 11) is 0. The Morgan fingerprint density at radius 2 is 1.90 bits per heavy atom. The first-order chi connectivity index (χ1) is 9.75. The number of hydrogen-bond donors (Lipinski definition) is 1. The number of benzene rings is 2. The van der Waals surface area contributed by atoms with Crippen molar-refractivity contribution >= 4 is 28.3 Å². The van der Waals surface area contributed by atoms with Crippen LogP contribution in [0.25, 0.3) is 10.9 Å². The van der Waals surface area contributed by atoms with Crippen molar-refractivity contribution in [3.8, 4) is 0 Å². The third-order valence-electron chi connectivity index (χ3n) is 3.02. The molecule has 0 spiro atoms. The molecule has 0 aliphatic rings. The minimum atomic E-state index is -0.343. The van der Waals surface area contributed by atoms with Gasteiger partial charge in [0.1, 0.15) is 18.0 Å². The quantitative estimate of drug-likeness (QED) is 0.790. The summed E-state index contributed by atoms with van der Waals surface area (Å²) in [6, 6.07) is 12.3. The molecule has 100 valence electrons. The van der Waals surface area contributed by atoms with Crippen LogP contribution in [0.4, 0.5) is 10.2 Å². The second-order valence-electron chi connectivity index (χ2n) is 4.30. The Morgan fingerprint density at radius 1 is 1.05 bits per heavy atom. The summed E-state index contributed by atoms with van der Waals surface area (Å²) in [6.07, 6.45) is 1.41. The minimum absolute atomic E-state index is 0.343. The standard InChI is InChI=1S/C15H11ClFN3/c16-11-5-2-1-4-10(11)8-18-15-14-12(17)6-3-7-13(14)19-9-20-15/h1-7,9H,8H2,(H,18,19,20). The highest BCUT2D eigenvalue weighted by atomic mass is 35.5. The van der Waals surface area contributed by atoms with E-state index in [2.05, 4.69) is 15.3 Å². The molecule has 2 aromatic carbocycles. The monoisotopic (exact) mass is 287 g/mol. The molecule has 1 aromatic heterocycles. The number of fused-ring (bicyclic) bond motifs is 1. The van der Waals surface area contributed by atoms with Crippen LogP contribution in [0.5, 0.6) is 0 Å². The lowest BCUT2D eigenvalue weighted by Gasteiger charge is -2.09. The topological polar surface area (TPSA) is 37.8 Å². The fourth-order valence-electron chi connectivity index (χ4n) is 2.02. The van der Waals surface area contributed by atoms with E-state index in [-0.39, 0.29) is 5.82 Å². The van der Waals surface area contributed by atoms with Crippen molar-refractivity contribution in [2.24, 2.45) is 0 Å². The zero-order chi connectivity index (χ0) is 13.9. The maximum absolute atomic E-state index is 13.9. The molecule has 5 heteroatoms. The Bertz CT molecular complexity index is 756. The Balaban J connectivity index is 1.94. The van der Waals surface area contributed by atoms with Gasteiger partial charge in [0.25, 0.3) is 0 Å². The normalized spacial score (nSPS) is 10.7. The highest BCUT2D eigenvalue weighted by molar-refractivity contribution is 6.31. The Labute approximate surface area is 120 Å². The molecule has 1 N–H and O–H groups in total. The van der Waals surface area contributed by atoms with Crippen LogP contribution < -0.4 is 5.32 Å². The van der Waals surface area contributed by atoms with E-state index >= 15 is 0 Å². The van der Waals surface area contributed by atoms with Crippen LogP contribution in [0.15, 0.2) is 48.8 Å². The molecule has 20 heavy (non-hydrogen) atoms. The summed E-state index contributed by atoms with van der Waals surface area (Å²) in [6.45, 7) is 0.472. The van der Waals surface area contributed by atoms with Crippen molar-refractivity contribution in [1.82, 2.24) is 9.97 Å². The van der Waals surface area contributed by atoms with E-state index in [1.807, 2.05) is 24.3 Å². The molecule has 3 rings (SSSR count). The van der Waals surface area contributed by atoms with Gasteiger partial charge in [0.15, 0.2) is 0 Å². The molecular weight excluding hydrogens is 277 g/mol. The second kappa shape index (κ2) is 5.43. The van der Waals surface area contributed by atoms with E-state index in [1.54, 1.807) is 12.1 Å². The van der Waals surface area contributed by atoms with E-state index in [0.717, 1.165) is 5.56 Å². The summed E-state index contributed by atoms with van der Waals surface area (Å²) in [5.41, 5.74) is 1.50. The minimum Gasteiger partial charge on any atom is -0.365 e. The van der Waals surface area contributed by atoms with Crippen LogP contribution in [0.2, 0.25) is 5.02 Å². The average molecular weight is 288 g/mol. The average Bonchev–Trinajstić information content (AvgIpc) is 2.46. The number of hydrogen-bond acceptors (Lipinski definition) is 3. The van der Waals surface area contributed by atoms with E-state index in [0.29, 0.717) is 28.3 Å². The molecular formula is C15H11ClFN3. The maximum atomic E-state index is 13.9. The molecule has 0 fully saturated rings. The zero-order valence-electron chi connectivity index (χ0n) is 10.5. The lowest BCUT2D eigenvalue weighted by atomic mass is 10.2. The number of aromatic nitrogens is 2. The lowest BCUT2D eigenvalue weighted by molar-refractivity contribution is 0.639. The van der Waals surface area contributed by atoms with Crippen LogP contribution in [0, 0.1) is 5.82 Å². The van der Waals surface area contributed by atoms with E-state index in [1.165, 1.54) is 12.4 Å². The van der Waals surface area contributed by atoms with Crippen LogP contribution in [0.3, 0.4) is 0 Å². The number of nitrogens with one attached hydrogen (secondary N) is 1. The van der Waals surface area contributed by atoms with Crippen LogP contribution in [0.1, 0.15) is 5.56 Å². The largest absolute Gasteiger partial charge is 0.365 e. The number of halogens is 2. The van der Waals surface area contributed by atoms with Gasteiger partial charge < -0.3 is 5.32 Å². The first kappa shape index (κ1) is 12.8. The number of nitrogens with zero attached hydrogens (tertiary/aromatic N) is 2. The van der Waals surface area contributed by atoms with Crippen molar-refractivity contribution < 1.29 is 4.39 Å². The van der Waals surface area contributed by atoms with Crippen molar-refractivity contribution in [3.05, 3.63) is 65.2 Å². The van der Waals surface area contributed by atoms with Crippen molar-refractivity contribution in [2.75, 3.05) is 5.32 Å². The molecule has 0 saturated carbocycles. The molecule has 0 aliphatic carbocycles. The fourth-order valence-corrected chi connectivity index (χ4v) is 2.23. The van der Waals surface area contributed by atoms with Crippen molar-refractivity contribution in [3.63, 3.8) is 0 Å². The molecule has 0 amide bonds. The van der Waals surface area contributed by atoms with Crippen LogP contribution >= 0.6 is 11.6 Å². The van der Waals surface area contributed by atoms with Gasteiger partial charge in [-0.15, -0.1) is 0 Å². The first-order valence-corrected chi connectivity index (χ1v) is 6.50. The third-order valence-corrected chi connectivity index (χ3v) is 3.38. The highest BCUT2D eigenvalue weighted by Gasteiger charge is 2.08. The van der Waals surface area contributed by atoms with E-state index in [4.69, 9.17) is 11.6 Å².